The van der Waals surface area contributed by atoms with Gasteiger partial charge < -0.3 is 0 Å². The number of hydrogen-bond donors (Lipinski definition) is 0. The van der Waals surface area contributed by atoms with E-state index < -0.39 is 9.73 Å². The van der Waals surface area contributed by atoms with Crippen molar-refractivity contribution in [2.45, 2.75) is 6.42 Å². The fraction of sp³-hybridized carbons (Fsp3) is 0.375. The molecule has 0 atom stereocenters. The lowest BCUT2D eigenvalue weighted by Gasteiger charge is -2.17. The molecule has 2 heterocycles. The SMILES string of the molecule is O=S1(=Nc2ccc(Cl)nc2)CCC1. The third kappa shape index (κ3) is 2.00. The van der Waals surface area contributed by atoms with Crippen LogP contribution in [-0.4, -0.2) is 20.7 Å². The van der Waals surface area contributed by atoms with E-state index in [2.05, 4.69) is 9.35 Å². The highest BCUT2D eigenvalue weighted by Gasteiger charge is 2.18. The molecule has 0 unspecified atom stereocenters. The van der Waals surface area contributed by atoms with Gasteiger partial charge in [0, 0.05) is 11.5 Å². The molecule has 1 saturated heterocycles. The van der Waals surface area contributed by atoms with Crippen molar-refractivity contribution >= 4 is 27.0 Å². The van der Waals surface area contributed by atoms with Crippen LogP contribution >= 0.6 is 11.6 Å². The highest BCUT2D eigenvalue weighted by molar-refractivity contribution is 7.95. The Balaban J connectivity index is 2.32. The van der Waals surface area contributed by atoms with Crippen LogP contribution in [0.15, 0.2) is 22.7 Å². The number of hydrogen-bond acceptors (Lipinski definition) is 3. The molecule has 0 aromatic carbocycles. The van der Waals surface area contributed by atoms with Crippen LogP contribution in [0, 0.1) is 0 Å². The van der Waals surface area contributed by atoms with Gasteiger partial charge >= 0.3 is 0 Å². The van der Waals surface area contributed by atoms with E-state index in [1.54, 1.807) is 18.3 Å². The first kappa shape index (κ1) is 8.97. The minimum Gasteiger partial charge on any atom is -0.249 e. The highest BCUT2D eigenvalue weighted by atomic mass is 35.5. The van der Waals surface area contributed by atoms with E-state index in [9.17, 15) is 4.21 Å². The highest BCUT2D eigenvalue weighted by Crippen LogP contribution is 2.21. The van der Waals surface area contributed by atoms with Crippen molar-refractivity contribution in [2.24, 2.45) is 4.36 Å². The third-order valence-corrected chi connectivity index (χ3v) is 4.53. The zero-order chi connectivity index (χ0) is 9.31. The number of rotatable bonds is 1. The first-order valence-electron chi connectivity index (χ1n) is 4.02. The Kier molecular flexibility index (Phi) is 2.26. The fourth-order valence-electron chi connectivity index (χ4n) is 1.10. The molecule has 0 bridgehead atoms. The molecule has 0 saturated carbocycles. The van der Waals surface area contributed by atoms with Crippen molar-refractivity contribution < 1.29 is 4.21 Å². The van der Waals surface area contributed by atoms with Gasteiger partial charge in [-0.3, -0.25) is 0 Å². The van der Waals surface area contributed by atoms with Crippen LogP contribution in [0.1, 0.15) is 6.42 Å². The van der Waals surface area contributed by atoms with Crippen LogP contribution in [0.5, 0.6) is 0 Å². The van der Waals surface area contributed by atoms with E-state index in [4.69, 9.17) is 11.6 Å². The first-order valence-corrected chi connectivity index (χ1v) is 6.25. The lowest BCUT2D eigenvalue weighted by atomic mass is 10.4. The molecule has 70 valence electrons. The van der Waals surface area contributed by atoms with Gasteiger partial charge in [-0.25, -0.2) is 9.19 Å². The van der Waals surface area contributed by atoms with Crippen LogP contribution in [-0.2, 0) is 9.73 Å². The second-order valence-corrected chi connectivity index (χ2v) is 5.90. The predicted molar refractivity (Wildman–Crippen MR) is 53.8 cm³/mol. The van der Waals surface area contributed by atoms with Crippen LogP contribution in [0.2, 0.25) is 5.15 Å². The quantitative estimate of drug-likeness (QED) is 0.676. The molecule has 0 N–H and O–H groups in total. The zero-order valence-electron chi connectivity index (χ0n) is 6.94. The largest absolute Gasteiger partial charge is 0.249 e. The van der Waals surface area contributed by atoms with E-state index in [1.807, 2.05) is 0 Å². The number of halogens is 1. The topological polar surface area (TPSA) is 42.3 Å². The Bertz CT molecular complexity index is 410. The van der Waals surface area contributed by atoms with Gasteiger partial charge in [-0.05, 0) is 18.6 Å². The maximum atomic E-state index is 11.7. The second-order valence-electron chi connectivity index (χ2n) is 2.96. The lowest BCUT2D eigenvalue weighted by molar-refractivity contribution is 0.663. The van der Waals surface area contributed by atoms with Crippen LogP contribution in [0.25, 0.3) is 0 Å². The summed E-state index contributed by atoms with van der Waals surface area (Å²) in [5.74, 6) is 1.44. The van der Waals surface area contributed by atoms with Crippen molar-refractivity contribution in [1.29, 1.82) is 0 Å². The summed E-state index contributed by atoms with van der Waals surface area (Å²) in [6.45, 7) is 0. The Morgan fingerprint density at radius 2 is 2.23 bits per heavy atom. The summed E-state index contributed by atoms with van der Waals surface area (Å²) in [6, 6.07) is 3.39. The van der Waals surface area contributed by atoms with Gasteiger partial charge in [0.25, 0.3) is 0 Å². The first-order chi connectivity index (χ1) is 6.18. The summed E-state index contributed by atoms with van der Waals surface area (Å²) >= 11 is 5.61. The predicted octanol–water partition coefficient (Wildman–Crippen LogP) is 2.24. The normalized spacial score (nSPS) is 19.2. The van der Waals surface area contributed by atoms with Crippen molar-refractivity contribution in [3.63, 3.8) is 0 Å². The summed E-state index contributed by atoms with van der Waals surface area (Å²) in [4.78, 5) is 3.87. The van der Waals surface area contributed by atoms with Crippen molar-refractivity contribution in [3.8, 4) is 0 Å². The summed E-state index contributed by atoms with van der Waals surface area (Å²) in [5.41, 5.74) is 0.661. The van der Waals surface area contributed by atoms with Gasteiger partial charge in [-0.2, -0.15) is 4.36 Å². The number of nitrogens with zero attached hydrogens (tertiary/aromatic N) is 2. The van der Waals surface area contributed by atoms with Crippen molar-refractivity contribution in [1.82, 2.24) is 4.98 Å². The molecule has 0 spiro atoms. The third-order valence-electron chi connectivity index (χ3n) is 1.91. The van der Waals surface area contributed by atoms with E-state index in [0.717, 1.165) is 17.9 Å². The van der Waals surface area contributed by atoms with E-state index >= 15 is 0 Å². The molecule has 2 rings (SSSR count). The summed E-state index contributed by atoms with van der Waals surface area (Å²) in [7, 11) is -1.91. The minimum absolute atomic E-state index is 0.433. The van der Waals surface area contributed by atoms with Crippen LogP contribution in [0.3, 0.4) is 0 Å². The lowest BCUT2D eigenvalue weighted by Crippen LogP contribution is -2.22. The van der Waals surface area contributed by atoms with Gasteiger partial charge in [-0.15, -0.1) is 0 Å². The summed E-state index contributed by atoms with van der Waals surface area (Å²) < 4.78 is 15.8. The average molecular weight is 217 g/mol. The molecule has 5 heteroatoms. The van der Waals surface area contributed by atoms with Crippen molar-refractivity contribution in [3.05, 3.63) is 23.5 Å². The van der Waals surface area contributed by atoms with Gasteiger partial charge in [0.2, 0.25) is 0 Å². The molecule has 1 aliphatic rings. The zero-order valence-corrected chi connectivity index (χ0v) is 8.51. The Morgan fingerprint density at radius 1 is 1.46 bits per heavy atom. The van der Waals surface area contributed by atoms with Gasteiger partial charge in [0.1, 0.15) is 5.15 Å². The molecular weight excluding hydrogens is 208 g/mol. The number of pyridine rings is 1. The molecule has 0 amide bonds. The molecule has 1 aromatic rings. The summed E-state index contributed by atoms with van der Waals surface area (Å²) in [6.07, 6.45) is 2.57. The van der Waals surface area contributed by atoms with E-state index in [1.165, 1.54) is 0 Å². The molecule has 1 fully saturated rings. The minimum atomic E-state index is -1.91. The van der Waals surface area contributed by atoms with E-state index in [-0.39, 0.29) is 0 Å². The Hall–Kier alpha value is -0.610. The van der Waals surface area contributed by atoms with Crippen molar-refractivity contribution in [2.75, 3.05) is 11.5 Å². The fourth-order valence-corrected chi connectivity index (χ4v) is 2.67. The number of aromatic nitrogens is 1. The van der Waals surface area contributed by atoms with Crippen LogP contribution < -0.4 is 0 Å². The van der Waals surface area contributed by atoms with E-state index in [0.29, 0.717) is 10.8 Å². The van der Waals surface area contributed by atoms with Gasteiger partial charge in [0.05, 0.1) is 21.6 Å². The molecule has 0 aliphatic carbocycles. The molecule has 0 radical (unpaired) electrons. The maximum absolute atomic E-state index is 11.7. The molecule has 1 aliphatic heterocycles. The monoisotopic (exact) mass is 216 g/mol. The Morgan fingerprint density at radius 3 is 2.69 bits per heavy atom. The van der Waals surface area contributed by atoms with Gasteiger partial charge in [-0.1, -0.05) is 11.6 Å². The average Bonchev–Trinajstić information content (AvgIpc) is 2.06. The molecule has 1 aromatic heterocycles. The molecular formula is C8H9ClN2OS. The summed E-state index contributed by atoms with van der Waals surface area (Å²) in [5, 5.41) is 0.433. The molecule has 3 nitrogen and oxygen atoms in total. The van der Waals surface area contributed by atoms with Gasteiger partial charge in [0.15, 0.2) is 0 Å². The maximum Gasteiger partial charge on any atom is 0.129 e. The second kappa shape index (κ2) is 3.27. The van der Waals surface area contributed by atoms with Crippen LogP contribution in [0.4, 0.5) is 5.69 Å². The Labute approximate surface area is 82.3 Å². The molecule has 13 heavy (non-hydrogen) atoms. The standard InChI is InChI=1S/C8H9ClN2OS/c9-8-3-2-7(6-10-8)11-13(12)4-1-5-13/h2-3,6H,1,4-5H2. The smallest absolute Gasteiger partial charge is 0.129 e.